The molecule has 0 aromatic carbocycles. The minimum atomic E-state index is -1.21. The smallest absolute Gasteiger partial charge is 0.320 e. The van der Waals surface area contributed by atoms with Gasteiger partial charge < -0.3 is 9.47 Å². The monoisotopic (exact) mass is 238 g/mol. The van der Waals surface area contributed by atoms with Crippen LogP contribution in [0.15, 0.2) is 0 Å². The van der Waals surface area contributed by atoms with Crippen LogP contribution in [0.1, 0.15) is 20.3 Å². The average molecular weight is 238 g/mol. The summed E-state index contributed by atoms with van der Waals surface area (Å²) in [6, 6.07) is 3.40. The van der Waals surface area contributed by atoms with Crippen LogP contribution >= 0.6 is 0 Å². The zero-order chi connectivity index (χ0) is 13.3. The van der Waals surface area contributed by atoms with Gasteiger partial charge in [0.05, 0.1) is 25.4 Å². The van der Waals surface area contributed by atoms with Gasteiger partial charge in [0, 0.05) is 6.42 Å². The van der Waals surface area contributed by atoms with E-state index in [-0.39, 0.29) is 19.6 Å². The van der Waals surface area contributed by atoms with Crippen LogP contribution in [0.25, 0.3) is 0 Å². The molecule has 0 aromatic rings. The Labute approximate surface area is 99.7 Å². The Hall–Kier alpha value is -2.08. The molecule has 0 aliphatic carbocycles. The third kappa shape index (κ3) is 4.98. The fraction of sp³-hybridized carbons (Fsp3) is 0.636. The van der Waals surface area contributed by atoms with Gasteiger partial charge in [-0.25, -0.2) is 0 Å². The van der Waals surface area contributed by atoms with Crippen molar-refractivity contribution in [1.29, 1.82) is 10.5 Å². The lowest BCUT2D eigenvalue weighted by Crippen LogP contribution is -2.29. The highest BCUT2D eigenvalue weighted by Crippen LogP contribution is 2.15. The van der Waals surface area contributed by atoms with E-state index < -0.39 is 23.8 Å². The van der Waals surface area contributed by atoms with Crippen molar-refractivity contribution in [2.45, 2.75) is 20.3 Å². The number of esters is 2. The van der Waals surface area contributed by atoms with Crippen LogP contribution in [0, 0.1) is 34.5 Å². The van der Waals surface area contributed by atoms with Crippen LogP contribution in [0.5, 0.6) is 0 Å². The van der Waals surface area contributed by atoms with Gasteiger partial charge >= 0.3 is 11.9 Å². The summed E-state index contributed by atoms with van der Waals surface area (Å²) in [7, 11) is 0. The topological polar surface area (TPSA) is 100 Å². The summed E-state index contributed by atoms with van der Waals surface area (Å²) in [6.07, 6.45) is -0.204. The Morgan fingerprint density at radius 3 is 1.76 bits per heavy atom. The highest BCUT2D eigenvalue weighted by atomic mass is 16.6. The van der Waals surface area contributed by atoms with E-state index in [0.717, 1.165) is 0 Å². The van der Waals surface area contributed by atoms with Crippen molar-refractivity contribution in [3.63, 3.8) is 0 Å². The van der Waals surface area contributed by atoms with Crippen LogP contribution in [0.3, 0.4) is 0 Å². The van der Waals surface area contributed by atoms with Crippen molar-refractivity contribution in [3.05, 3.63) is 0 Å². The van der Waals surface area contributed by atoms with Crippen LogP contribution < -0.4 is 0 Å². The fourth-order valence-corrected chi connectivity index (χ4v) is 1.14. The number of hydrogen-bond acceptors (Lipinski definition) is 6. The minimum absolute atomic E-state index is 0.124. The second kappa shape index (κ2) is 8.12. The molecule has 0 bridgehead atoms. The lowest BCUT2D eigenvalue weighted by Gasteiger charge is -2.14. The molecular weight excluding hydrogens is 224 g/mol. The van der Waals surface area contributed by atoms with Gasteiger partial charge in [-0.15, -0.1) is 0 Å². The van der Waals surface area contributed by atoms with Crippen LogP contribution in [0.4, 0.5) is 0 Å². The zero-order valence-electron chi connectivity index (χ0n) is 9.80. The van der Waals surface area contributed by atoms with E-state index in [1.165, 1.54) is 0 Å². The molecule has 0 aliphatic heterocycles. The standard InChI is InChI=1S/C11H14N2O4/c1-3-16-10(14)9(11(15)17-4-2)5-8(6-12)7-13/h8-9H,3-5H2,1-2H3. The number of rotatable bonds is 6. The molecule has 0 heterocycles. The molecule has 0 amide bonds. The summed E-state index contributed by atoms with van der Waals surface area (Å²) in [5.41, 5.74) is 0. The van der Waals surface area contributed by atoms with Crippen LogP contribution in [-0.4, -0.2) is 25.2 Å². The molecule has 0 radical (unpaired) electrons. The second-order valence-corrected chi connectivity index (χ2v) is 3.10. The van der Waals surface area contributed by atoms with Gasteiger partial charge in [-0.3, -0.25) is 9.59 Å². The predicted octanol–water partition coefficient (Wildman–Crippen LogP) is 0.782. The number of ether oxygens (including phenoxy) is 2. The first-order valence-electron chi connectivity index (χ1n) is 5.23. The first kappa shape index (κ1) is 14.9. The molecule has 0 atom stereocenters. The molecule has 6 heteroatoms. The number of hydrogen-bond donors (Lipinski definition) is 0. The van der Waals surface area contributed by atoms with Gasteiger partial charge in [-0.1, -0.05) is 0 Å². The normalized spacial score (nSPS) is 9.53. The zero-order valence-corrected chi connectivity index (χ0v) is 9.80. The fourth-order valence-electron chi connectivity index (χ4n) is 1.14. The third-order valence-corrected chi connectivity index (χ3v) is 1.93. The third-order valence-electron chi connectivity index (χ3n) is 1.93. The van der Waals surface area contributed by atoms with E-state index in [1.54, 1.807) is 26.0 Å². The Kier molecular flexibility index (Phi) is 7.12. The van der Waals surface area contributed by atoms with Gasteiger partial charge in [-0.05, 0) is 13.8 Å². The number of carbonyl (C=O) groups is 2. The summed E-state index contributed by atoms with van der Waals surface area (Å²) in [4.78, 5) is 23.0. The van der Waals surface area contributed by atoms with Crippen molar-refractivity contribution in [2.24, 2.45) is 11.8 Å². The van der Waals surface area contributed by atoms with E-state index in [4.69, 9.17) is 20.0 Å². The molecular formula is C11H14N2O4. The molecule has 17 heavy (non-hydrogen) atoms. The Bertz CT molecular complexity index is 321. The minimum Gasteiger partial charge on any atom is -0.465 e. The van der Waals surface area contributed by atoms with E-state index >= 15 is 0 Å². The summed E-state index contributed by atoms with van der Waals surface area (Å²) >= 11 is 0. The van der Waals surface area contributed by atoms with Crippen molar-refractivity contribution < 1.29 is 19.1 Å². The maximum Gasteiger partial charge on any atom is 0.320 e. The lowest BCUT2D eigenvalue weighted by molar-refractivity contribution is -0.162. The van der Waals surface area contributed by atoms with Crippen LogP contribution in [-0.2, 0) is 19.1 Å². The van der Waals surface area contributed by atoms with Gasteiger partial charge in [0.1, 0.15) is 5.92 Å². The Morgan fingerprint density at radius 1 is 1.06 bits per heavy atom. The summed E-state index contributed by atoms with van der Waals surface area (Å²) in [5.74, 6) is -3.77. The van der Waals surface area contributed by atoms with Crippen molar-refractivity contribution in [1.82, 2.24) is 0 Å². The molecule has 0 spiro atoms. The van der Waals surface area contributed by atoms with Crippen molar-refractivity contribution in [3.8, 4) is 12.1 Å². The average Bonchev–Trinajstić information content (AvgIpc) is 2.31. The van der Waals surface area contributed by atoms with Gasteiger partial charge in [0.15, 0.2) is 5.92 Å². The quantitative estimate of drug-likeness (QED) is 0.500. The number of nitriles is 2. The van der Waals surface area contributed by atoms with Crippen molar-refractivity contribution in [2.75, 3.05) is 13.2 Å². The second-order valence-electron chi connectivity index (χ2n) is 3.10. The van der Waals surface area contributed by atoms with Gasteiger partial charge in [-0.2, -0.15) is 10.5 Å². The van der Waals surface area contributed by atoms with Gasteiger partial charge in [0.2, 0.25) is 0 Å². The maximum atomic E-state index is 11.5. The number of carbonyl (C=O) groups excluding carboxylic acids is 2. The molecule has 0 saturated carbocycles. The molecule has 0 unspecified atom stereocenters. The predicted molar refractivity (Wildman–Crippen MR) is 56.1 cm³/mol. The highest BCUT2D eigenvalue weighted by Gasteiger charge is 2.32. The van der Waals surface area contributed by atoms with E-state index in [9.17, 15) is 9.59 Å². The van der Waals surface area contributed by atoms with Gasteiger partial charge in [0.25, 0.3) is 0 Å². The largest absolute Gasteiger partial charge is 0.465 e. The van der Waals surface area contributed by atoms with Crippen LogP contribution in [0.2, 0.25) is 0 Å². The maximum absolute atomic E-state index is 11.5. The molecule has 0 saturated heterocycles. The SMILES string of the molecule is CCOC(=O)C(CC(C#N)C#N)C(=O)OCC. The van der Waals surface area contributed by atoms with E-state index in [1.807, 2.05) is 0 Å². The first-order valence-corrected chi connectivity index (χ1v) is 5.23. The summed E-state index contributed by atoms with van der Waals surface area (Å²) in [5, 5.41) is 17.2. The molecule has 0 fully saturated rings. The molecule has 0 aliphatic rings. The summed E-state index contributed by atoms with van der Waals surface area (Å²) in [6.45, 7) is 3.45. The molecule has 0 N–H and O–H groups in total. The number of nitrogens with zero attached hydrogens (tertiary/aromatic N) is 2. The summed E-state index contributed by atoms with van der Waals surface area (Å²) < 4.78 is 9.41. The molecule has 6 nitrogen and oxygen atoms in total. The molecule has 92 valence electrons. The van der Waals surface area contributed by atoms with Crippen molar-refractivity contribution >= 4 is 11.9 Å². The van der Waals surface area contributed by atoms with E-state index in [2.05, 4.69) is 0 Å². The Morgan fingerprint density at radius 2 is 1.47 bits per heavy atom. The van der Waals surface area contributed by atoms with E-state index in [0.29, 0.717) is 0 Å². The molecule has 0 aromatic heterocycles. The highest BCUT2D eigenvalue weighted by molar-refractivity contribution is 5.95. The Balaban J connectivity index is 4.74. The first-order chi connectivity index (χ1) is 8.10. The molecule has 0 rings (SSSR count). The lowest BCUT2D eigenvalue weighted by atomic mass is 9.96.